The van der Waals surface area contributed by atoms with E-state index in [1.807, 2.05) is 0 Å². The van der Waals surface area contributed by atoms with E-state index in [4.69, 9.17) is 5.11 Å². The molecule has 3 heteroatoms. The molecular formula is C13H17NO2. The topological polar surface area (TPSA) is 49.3 Å². The normalized spacial score (nSPS) is 22.9. The van der Waals surface area contributed by atoms with Gasteiger partial charge >= 0.3 is 5.97 Å². The fourth-order valence-electron chi connectivity index (χ4n) is 2.10. The van der Waals surface area contributed by atoms with E-state index in [2.05, 4.69) is 37.4 Å². The monoisotopic (exact) mass is 219 g/mol. The largest absolute Gasteiger partial charge is 0.481 e. The molecular weight excluding hydrogens is 202 g/mol. The molecule has 1 aromatic carbocycles. The highest BCUT2D eigenvalue weighted by molar-refractivity contribution is 5.73. The number of carboxylic acid groups (broad SMARTS) is 1. The van der Waals surface area contributed by atoms with Crippen molar-refractivity contribution in [3.63, 3.8) is 0 Å². The van der Waals surface area contributed by atoms with E-state index in [1.165, 1.54) is 11.1 Å². The van der Waals surface area contributed by atoms with Gasteiger partial charge in [0.1, 0.15) is 0 Å². The average molecular weight is 219 g/mol. The molecule has 1 aliphatic rings. The van der Waals surface area contributed by atoms with Crippen LogP contribution in [0.4, 0.5) is 5.69 Å². The molecule has 2 N–H and O–H groups in total. The van der Waals surface area contributed by atoms with Crippen LogP contribution >= 0.6 is 0 Å². The number of hydrogen-bond donors (Lipinski definition) is 2. The van der Waals surface area contributed by atoms with Crippen molar-refractivity contribution in [3.05, 3.63) is 29.3 Å². The lowest BCUT2D eigenvalue weighted by Gasteiger charge is -2.07. The van der Waals surface area contributed by atoms with Gasteiger partial charge in [-0.1, -0.05) is 6.07 Å². The Morgan fingerprint density at radius 1 is 1.38 bits per heavy atom. The zero-order valence-corrected chi connectivity index (χ0v) is 9.66. The average Bonchev–Trinajstić information content (AvgIpc) is 2.92. The number of carbonyl (C=O) groups is 1. The molecule has 1 fully saturated rings. The van der Waals surface area contributed by atoms with Gasteiger partial charge in [-0.15, -0.1) is 0 Å². The molecule has 0 bridgehead atoms. The number of benzene rings is 1. The van der Waals surface area contributed by atoms with Crippen molar-refractivity contribution in [1.29, 1.82) is 0 Å². The third-order valence-corrected chi connectivity index (χ3v) is 3.03. The van der Waals surface area contributed by atoms with Crippen LogP contribution < -0.4 is 5.32 Å². The van der Waals surface area contributed by atoms with Gasteiger partial charge in [0.2, 0.25) is 0 Å². The Morgan fingerprint density at radius 2 is 2.00 bits per heavy atom. The van der Waals surface area contributed by atoms with E-state index in [9.17, 15) is 4.79 Å². The highest BCUT2D eigenvalue weighted by atomic mass is 16.4. The van der Waals surface area contributed by atoms with Crippen molar-refractivity contribution >= 4 is 11.7 Å². The third kappa shape index (κ3) is 2.54. The van der Waals surface area contributed by atoms with E-state index in [-0.39, 0.29) is 5.92 Å². The molecule has 0 amide bonds. The smallest absolute Gasteiger partial charge is 0.306 e. The molecule has 0 heterocycles. The standard InChI is InChI=1S/C13H17NO2/c1-8-3-9(2)5-11(4-8)14-7-10-6-12(10)13(15)16/h3-5,10,12,14H,6-7H2,1-2H3,(H,15,16). The van der Waals surface area contributed by atoms with Crippen LogP contribution in [0, 0.1) is 25.7 Å². The first-order valence-corrected chi connectivity index (χ1v) is 5.61. The summed E-state index contributed by atoms with van der Waals surface area (Å²) in [7, 11) is 0. The van der Waals surface area contributed by atoms with Gasteiger partial charge in [0.25, 0.3) is 0 Å². The number of carboxylic acids is 1. The van der Waals surface area contributed by atoms with E-state index >= 15 is 0 Å². The first-order valence-electron chi connectivity index (χ1n) is 5.61. The van der Waals surface area contributed by atoms with Gasteiger partial charge in [-0.05, 0) is 49.4 Å². The van der Waals surface area contributed by atoms with Crippen LogP contribution in [0.2, 0.25) is 0 Å². The molecule has 2 unspecified atom stereocenters. The van der Waals surface area contributed by atoms with E-state index < -0.39 is 5.97 Å². The lowest BCUT2D eigenvalue weighted by molar-refractivity contribution is -0.138. The molecule has 1 saturated carbocycles. The minimum absolute atomic E-state index is 0.126. The van der Waals surface area contributed by atoms with Gasteiger partial charge in [-0.3, -0.25) is 4.79 Å². The summed E-state index contributed by atoms with van der Waals surface area (Å²) < 4.78 is 0. The van der Waals surface area contributed by atoms with Crippen molar-refractivity contribution in [1.82, 2.24) is 0 Å². The van der Waals surface area contributed by atoms with Gasteiger partial charge in [0, 0.05) is 12.2 Å². The quantitative estimate of drug-likeness (QED) is 0.817. The molecule has 0 saturated heterocycles. The molecule has 1 aromatic rings. The van der Waals surface area contributed by atoms with E-state index in [0.717, 1.165) is 18.7 Å². The van der Waals surface area contributed by atoms with Gasteiger partial charge in [-0.25, -0.2) is 0 Å². The minimum Gasteiger partial charge on any atom is -0.481 e. The lowest BCUT2D eigenvalue weighted by atomic mass is 10.1. The molecule has 0 aromatic heterocycles. The number of anilines is 1. The fourth-order valence-corrected chi connectivity index (χ4v) is 2.10. The van der Waals surface area contributed by atoms with Crippen molar-refractivity contribution in [3.8, 4) is 0 Å². The maximum Gasteiger partial charge on any atom is 0.306 e. The Balaban J connectivity index is 1.89. The highest BCUT2D eigenvalue weighted by Gasteiger charge is 2.42. The van der Waals surface area contributed by atoms with Crippen molar-refractivity contribution in [2.45, 2.75) is 20.3 Å². The summed E-state index contributed by atoms with van der Waals surface area (Å²) in [6, 6.07) is 6.30. The van der Waals surface area contributed by atoms with E-state index in [0.29, 0.717) is 5.92 Å². The predicted octanol–water partition coefficient (Wildman–Crippen LogP) is 2.44. The van der Waals surface area contributed by atoms with Crippen LogP contribution in [0.15, 0.2) is 18.2 Å². The molecule has 0 aliphatic heterocycles. The van der Waals surface area contributed by atoms with Gasteiger partial charge in [0.15, 0.2) is 0 Å². The summed E-state index contributed by atoms with van der Waals surface area (Å²) in [5, 5.41) is 12.1. The fraction of sp³-hybridized carbons (Fsp3) is 0.462. The van der Waals surface area contributed by atoms with Crippen LogP contribution in [-0.2, 0) is 4.79 Å². The zero-order valence-electron chi connectivity index (χ0n) is 9.66. The molecule has 86 valence electrons. The second-order valence-electron chi connectivity index (χ2n) is 4.70. The molecule has 16 heavy (non-hydrogen) atoms. The Bertz CT molecular complexity index is 394. The molecule has 1 aliphatic carbocycles. The molecule has 2 atom stereocenters. The van der Waals surface area contributed by atoms with Crippen LogP contribution in [0.1, 0.15) is 17.5 Å². The maximum atomic E-state index is 10.7. The number of nitrogens with one attached hydrogen (secondary N) is 1. The summed E-state index contributed by atoms with van der Waals surface area (Å²) in [5.41, 5.74) is 3.55. The Labute approximate surface area is 95.5 Å². The summed E-state index contributed by atoms with van der Waals surface area (Å²) in [6.45, 7) is 4.89. The number of rotatable bonds is 4. The van der Waals surface area contributed by atoms with Crippen LogP contribution in [0.3, 0.4) is 0 Å². The van der Waals surface area contributed by atoms with Gasteiger partial charge < -0.3 is 10.4 Å². The molecule has 3 nitrogen and oxygen atoms in total. The first kappa shape index (κ1) is 11.0. The summed E-state index contributed by atoms with van der Waals surface area (Å²) in [5.74, 6) is -0.482. The van der Waals surface area contributed by atoms with Crippen molar-refractivity contribution in [2.75, 3.05) is 11.9 Å². The SMILES string of the molecule is Cc1cc(C)cc(NCC2CC2C(=O)O)c1. The summed E-state index contributed by atoms with van der Waals surface area (Å²) >= 11 is 0. The zero-order chi connectivity index (χ0) is 11.7. The Morgan fingerprint density at radius 3 is 2.50 bits per heavy atom. The summed E-state index contributed by atoms with van der Waals surface area (Å²) in [4.78, 5) is 10.7. The number of hydrogen-bond acceptors (Lipinski definition) is 2. The van der Waals surface area contributed by atoms with Gasteiger partial charge in [-0.2, -0.15) is 0 Å². The minimum atomic E-state index is -0.660. The van der Waals surface area contributed by atoms with Crippen LogP contribution in [0.25, 0.3) is 0 Å². The molecule has 0 radical (unpaired) electrons. The third-order valence-electron chi connectivity index (χ3n) is 3.03. The first-order chi connectivity index (χ1) is 7.56. The van der Waals surface area contributed by atoms with E-state index in [1.54, 1.807) is 0 Å². The Hall–Kier alpha value is -1.51. The number of aliphatic carboxylic acids is 1. The molecule has 2 rings (SSSR count). The highest BCUT2D eigenvalue weighted by Crippen LogP contribution is 2.38. The second kappa shape index (κ2) is 4.16. The Kier molecular flexibility index (Phi) is 2.86. The lowest BCUT2D eigenvalue weighted by Crippen LogP contribution is -2.08. The van der Waals surface area contributed by atoms with Gasteiger partial charge in [0.05, 0.1) is 5.92 Å². The van der Waals surface area contributed by atoms with Crippen molar-refractivity contribution in [2.24, 2.45) is 11.8 Å². The predicted molar refractivity (Wildman–Crippen MR) is 63.6 cm³/mol. The molecule has 0 spiro atoms. The second-order valence-corrected chi connectivity index (χ2v) is 4.70. The van der Waals surface area contributed by atoms with Crippen LogP contribution in [0.5, 0.6) is 0 Å². The van der Waals surface area contributed by atoms with Crippen molar-refractivity contribution < 1.29 is 9.90 Å². The van der Waals surface area contributed by atoms with Crippen LogP contribution in [-0.4, -0.2) is 17.6 Å². The number of aryl methyl sites for hydroxylation is 2. The summed E-state index contributed by atoms with van der Waals surface area (Å²) in [6.07, 6.45) is 0.813. The maximum absolute atomic E-state index is 10.7.